The van der Waals surface area contributed by atoms with Crippen molar-refractivity contribution in [3.8, 4) is 28.1 Å². The molecule has 0 bridgehead atoms. The summed E-state index contributed by atoms with van der Waals surface area (Å²) < 4.78 is 11.0. The summed E-state index contributed by atoms with van der Waals surface area (Å²) in [6, 6.07) is 17.0. The molecule has 0 spiro atoms. The Bertz CT molecular complexity index is 1810. The predicted octanol–water partition coefficient (Wildman–Crippen LogP) is 5.81. The zero-order chi connectivity index (χ0) is 34.0. The Morgan fingerprint density at radius 1 is 1.08 bits per heavy atom. The lowest BCUT2D eigenvalue weighted by Gasteiger charge is -2.23. The number of hydrogen-bond donors (Lipinski definition) is 3. The van der Waals surface area contributed by atoms with Crippen LogP contribution >= 0.6 is 0 Å². The number of methoxy groups -OCH3 is 1. The maximum atomic E-state index is 12.7. The number of aliphatic imine (C=N–C) groups is 1. The van der Waals surface area contributed by atoms with Crippen molar-refractivity contribution in [3.63, 3.8) is 0 Å². The van der Waals surface area contributed by atoms with E-state index < -0.39 is 6.09 Å². The number of H-pyrrole nitrogens is 1. The molecule has 0 unspecified atom stereocenters. The standard InChI is InChI=1S/C37H45N7O4/c1-6-15-43(4)17-14-39-20-32(38-3)26-9-11-29-28(19-26)24-48-36-30-12-10-27(18-25(30)8-13-31(29)36)33-21-40-34(42-33)23-44(16-7-2)35(45)22-41-37(46)47-5/h8-14,18-21,38H,6-7,15-17,22-24H2,1-5H3,(H,40,42)(H,41,46)/b32-20-,39-14?. The lowest BCUT2D eigenvalue weighted by atomic mass is 9.92. The lowest BCUT2D eigenvalue weighted by molar-refractivity contribution is -0.130. The zero-order valence-corrected chi connectivity index (χ0v) is 28.4. The molecule has 0 fully saturated rings. The van der Waals surface area contributed by atoms with Gasteiger partial charge in [-0.3, -0.25) is 9.79 Å². The summed E-state index contributed by atoms with van der Waals surface area (Å²) in [6.07, 6.45) is 6.85. The van der Waals surface area contributed by atoms with E-state index in [9.17, 15) is 9.59 Å². The number of hydrogen-bond acceptors (Lipinski definition) is 8. The second-order valence-corrected chi connectivity index (χ2v) is 11.8. The quantitative estimate of drug-likeness (QED) is 0.147. The third-order valence-electron chi connectivity index (χ3n) is 8.32. The van der Waals surface area contributed by atoms with Gasteiger partial charge in [0, 0.05) is 42.9 Å². The van der Waals surface area contributed by atoms with Gasteiger partial charge in [0.1, 0.15) is 24.7 Å². The van der Waals surface area contributed by atoms with Gasteiger partial charge in [-0.25, -0.2) is 9.78 Å². The normalized spacial score (nSPS) is 12.5. The summed E-state index contributed by atoms with van der Waals surface area (Å²) in [7, 11) is 5.28. The van der Waals surface area contributed by atoms with Gasteiger partial charge in [-0.2, -0.15) is 0 Å². The van der Waals surface area contributed by atoms with Crippen LogP contribution in [0.15, 0.2) is 65.9 Å². The molecule has 3 aromatic carbocycles. The number of fused-ring (bicyclic) bond motifs is 5. The average Bonchev–Trinajstić information content (AvgIpc) is 3.58. The van der Waals surface area contributed by atoms with E-state index in [-0.39, 0.29) is 12.5 Å². The molecule has 0 saturated heterocycles. The molecule has 2 amide bonds. The molecule has 11 heteroatoms. The highest BCUT2D eigenvalue weighted by Crippen LogP contribution is 2.43. The van der Waals surface area contributed by atoms with Crippen LogP contribution in [0.3, 0.4) is 0 Å². The van der Waals surface area contributed by atoms with Gasteiger partial charge in [-0.05, 0) is 66.7 Å². The number of amides is 2. The van der Waals surface area contributed by atoms with Crippen LogP contribution in [0.2, 0.25) is 0 Å². The molecule has 11 nitrogen and oxygen atoms in total. The van der Waals surface area contributed by atoms with E-state index in [1.165, 1.54) is 7.11 Å². The molecule has 48 heavy (non-hydrogen) atoms. The summed E-state index contributed by atoms with van der Waals surface area (Å²) >= 11 is 0. The summed E-state index contributed by atoms with van der Waals surface area (Å²) in [5, 5.41) is 7.84. The number of aromatic amines is 1. The minimum absolute atomic E-state index is 0.135. The van der Waals surface area contributed by atoms with Crippen molar-refractivity contribution in [1.82, 2.24) is 30.4 Å². The van der Waals surface area contributed by atoms with Gasteiger partial charge >= 0.3 is 6.09 Å². The molecule has 5 rings (SSSR count). The van der Waals surface area contributed by atoms with E-state index in [4.69, 9.17) is 4.74 Å². The Kier molecular flexibility index (Phi) is 11.5. The van der Waals surface area contributed by atoms with E-state index in [0.717, 1.165) is 81.7 Å². The summed E-state index contributed by atoms with van der Waals surface area (Å²) in [5.41, 5.74) is 7.21. The van der Waals surface area contributed by atoms with Gasteiger partial charge < -0.3 is 34.9 Å². The first kappa shape index (κ1) is 34.2. The van der Waals surface area contributed by atoms with Crippen LogP contribution in [0.5, 0.6) is 5.75 Å². The first-order valence-electron chi connectivity index (χ1n) is 16.4. The fourth-order valence-corrected chi connectivity index (χ4v) is 5.86. The van der Waals surface area contributed by atoms with E-state index in [1.807, 2.05) is 26.4 Å². The third kappa shape index (κ3) is 8.03. The van der Waals surface area contributed by atoms with Gasteiger partial charge in [0.2, 0.25) is 5.91 Å². The van der Waals surface area contributed by atoms with Crippen LogP contribution in [-0.2, 0) is 22.7 Å². The Hall–Kier alpha value is -5.16. The number of alkyl carbamates (subject to hydrolysis) is 1. The molecule has 0 radical (unpaired) electrons. The smallest absolute Gasteiger partial charge is 0.407 e. The number of aromatic nitrogens is 2. The van der Waals surface area contributed by atoms with Crippen molar-refractivity contribution >= 4 is 34.7 Å². The number of benzene rings is 3. The minimum atomic E-state index is -0.639. The highest BCUT2D eigenvalue weighted by Gasteiger charge is 2.21. The molecule has 4 aromatic rings. The maximum Gasteiger partial charge on any atom is 0.407 e. The van der Waals surface area contributed by atoms with Gasteiger partial charge in [0.25, 0.3) is 0 Å². The van der Waals surface area contributed by atoms with E-state index in [1.54, 1.807) is 11.1 Å². The highest BCUT2D eigenvalue weighted by molar-refractivity contribution is 5.98. The second-order valence-electron chi connectivity index (χ2n) is 11.8. The van der Waals surface area contributed by atoms with Crippen LogP contribution in [-0.4, -0.2) is 85.4 Å². The number of nitrogens with zero attached hydrogens (tertiary/aromatic N) is 4. The molecule has 2 heterocycles. The van der Waals surface area contributed by atoms with Gasteiger partial charge in [0.15, 0.2) is 0 Å². The number of ether oxygens (including phenoxy) is 2. The summed E-state index contributed by atoms with van der Waals surface area (Å²) in [6.45, 7) is 7.23. The first-order chi connectivity index (χ1) is 23.3. The number of rotatable bonds is 14. The molecular formula is C37H45N7O4. The van der Waals surface area contributed by atoms with Gasteiger partial charge in [-0.15, -0.1) is 0 Å². The Morgan fingerprint density at radius 3 is 2.67 bits per heavy atom. The molecule has 1 aromatic heterocycles. The number of imidazole rings is 1. The van der Waals surface area contributed by atoms with Crippen molar-refractivity contribution in [3.05, 3.63) is 77.9 Å². The molecule has 252 valence electrons. The van der Waals surface area contributed by atoms with Crippen molar-refractivity contribution in [1.29, 1.82) is 0 Å². The van der Waals surface area contributed by atoms with Crippen molar-refractivity contribution in [2.75, 3.05) is 47.4 Å². The Morgan fingerprint density at radius 2 is 1.90 bits per heavy atom. The van der Waals surface area contributed by atoms with Crippen LogP contribution < -0.4 is 15.4 Å². The molecule has 1 aliphatic rings. The van der Waals surface area contributed by atoms with Crippen LogP contribution in [0.4, 0.5) is 4.79 Å². The lowest BCUT2D eigenvalue weighted by Crippen LogP contribution is -2.40. The summed E-state index contributed by atoms with van der Waals surface area (Å²) in [4.78, 5) is 40.5. The zero-order valence-electron chi connectivity index (χ0n) is 28.4. The largest absolute Gasteiger partial charge is 0.488 e. The molecule has 3 N–H and O–H groups in total. The van der Waals surface area contributed by atoms with Gasteiger partial charge in [0.05, 0.1) is 37.4 Å². The van der Waals surface area contributed by atoms with Crippen LogP contribution in [0, 0.1) is 0 Å². The minimum Gasteiger partial charge on any atom is -0.488 e. The summed E-state index contributed by atoms with van der Waals surface area (Å²) in [5.74, 6) is 1.34. The van der Waals surface area contributed by atoms with Gasteiger partial charge in [-0.1, -0.05) is 44.2 Å². The van der Waals surface area contributed by atoms with Crippen molar-refractivity contribution < 1.29 is 19.1 Å². The molecular weight excluding hydrogens is 606 g/mol. The van der Waals surface area contributed by atoms with Crippen LogP contribution in [0.25, 0.3) is 38.9 Å². The van der Waals surface area contributed by atoms with Crippen molar-refractivity contribution in [2.24, 2.45) is 4.99 Å². The fourth-order valence-electron chi connectivity index (χ4n) is 5.86. The predicted molar refractivity (Wildman–Crippen MR) is 191 cm³/mol. The van der Waals surface area contributed by atoms with Crippen LogP contribution in [0.1, 0.15) is 43.6 Å². The first-order valence-corrected chi connectivity index (χ1v) is 16.4. The fraction of sp³-hybridized carbons (Fsp3) is 0.351. The number of carbonyl (C=O) groups is 2. The average molecular weight is 652 g/mol. The maximum absolute atomic E-state index is 12.7. The molecule has 0 saturated carbocycles. The highest BCUT2D eigenvalue weighted by atomic mass is 16.5. The van der Waals surface area contributed by atoms with Crippen molar-refractivity contribution in [2.45, 2.75) is 39.8 Å². The topological polar surface area (TPSA) is 124 Å². The Labute approximate surface area is 282 Å². The Balaban J connectivity index is 1.32. The number of carbonyl (C=O) groups excluding carboxylic acids is 2. The second kappa shape index (κ2) is 16.1. The monoisotopic (exact) mass is 651 g/mol. The SMILES string of the molecule is CCCN(C)CC=N/C=C(\NC)c1ccc2c(c1)COc1c-2ccc2cc(-c3cnc(CN(CCC)C(=O)CNC(=O)OC)[nH]3)ccc12. The molecule has 0 atom stereocenters. The molecule has 0 aliphatic carbocycles. The number of nitrogens with one attached hydrogen (secondary N) is 3. The molecule has 1 aliphatic heterocycles. The van der Waals surface area contributed by atoms with E-state index >= 15 is 0 Å². The van der Waals surface area contributed by atoms with E-state index in [0.29, 0.717) is 25.5 Å². The third-order valence-corrected chi connectivity index (χ3v) is 8.32. The van der Waals surface area contributed by atoms with E-state index in [2.05, 4.69) is 97.7 Å².